The first-order valence-electron chi connectivity index (χ1n) is 8.05. The fourth-order valence-electron chi connectivity index (χ4n) is 2.20. The van der Waals surface area contributed by atoms with Crippen molar-refractivity contribution in [3.63, 3.8) is 0 Å². The molecule has 0 aliphatic heterocycles. The largest absolute Gasteiger partial charge is 0.347 e. The summed E-state index contributed by atoms with van der Waals surface area (Å²) in [5.41, 5.74) is 1.25. The number of benzene rings is 1. The second-order valence-corrected chi connectivity index (χ2v) is 8.56. The topological polar surface area (TPSA) is 71.1 Å². The number of nitrogens with zero attached hydrogens (tertiary/aromatic N) is 1. The second kappa shape index (κ2) is 7.39. The van der Waals surface area contributed by atoms with Crippen molar-refractivity contribution in [2.75, 3.05) is 5.32 Å². The molecule has 1 aromatic carbocycles. The lowest BCUT2D eigenvalue weighted by Crippen LogP contribution is -2.40. The summed E-state index contributed by atoms with van der Waals surface area (Å²) in [6.45, 7) is 5.79. The Balaban J connectivity index is 1.66. The van der Waals surface area contributed by atoms with Gasteiger partial charge in [-0.15, -0.1) is 22.7 Å². The molecule has 0 atom stereocenters. The second-order valence-electron chi connectivity index (χ2n) is 6.75. The van der Waals surface area contributed by atoms with Crippen molar-refractivity contribution in [3.8, 4) is 9.88 Å². The van der Waals surface area contributed by atoms with Crippen LogP contribution in [0.3, 0.4) is 0 Å². The predicted octanol–water partition coefficient (Wildman–Crippen LogP) is 4.65. The van der Waals surface area contributed by atoms with E-state index in [9.17, 15) is 9.59 Å². The molecule has 134 valence electrons. The van der Waals surface area contributed by atoms with Crippen LogP contribution in [0.15, 0.2) is 47.2 Å². The van der Waals surface area contributed by atoms with Crippen LogP contribution < -0.4 is 10.6 Å². The Hall–Kier alpha value is -2.51. The minimum absolute atomic E-state index is 0.143. The van der Waals surface area contributed by atoms with Crippen LogP contribution in [0.2, 0.25) is 0 Å². The van der Waals surface area contributed by atoms with Gasteiger partial charge in [0.1, 0.15) is 10.7 Å². The molecule has 0 aliphatic rings. The van der Waals surface area contributed by atoms with Crippen LogP contribution in [0.25, 0.3) is 9.88 Å². The van der Waals surface area contributed by atoms with Crippen molar-refractivity contribution in [2.45, 2.75) is 26.3 Å². The number of thiophene rings is 1. The Kier molecular flexibility index (Phi) is 5.20. The van der Waals surface area contributed by atoms with Gasteiger partial charge >= 0.3 is 0 Å². The zero-order valence-electron chi connectivity index (χ0n) is 14.7. The number of amides is 2. The SMILES string of the molecule is CC(C)(C)NC(=O)c1ccc(NC(=O)c2csc(-c3cccs3)n2)cc1. The van der Waals surface area contributed by atoms with E-state index < -0.39 is 0 Å². The van der Waals surface area contributed by atoms with Gasteiger partial charge in [-0.05, 0) is 56.5 Å². The van der Waals surface area contributed by atoms with Crippen LogP contribution in [-0.2, 0) is 0 Å². The number of nitrogens with one attached hydrogen (secondary N) is 2. The van der Waals surface area contributed by atoms with Gasteiger partial charge in [-0.2, -0.15) is 0 Å². The molecule has 2 N–H and O–H groups in total. The van der Waals surface area contributed by atoms with Crippen LogP contribution in [0.1, 0.15) is 41.6 Å². The molecular weight excluding hydrogens is 366 g/mol. The summed E-state index contributed by atoms with van der Waals surface area (Å²) in [6.07, 6.45) is 0. The van der Waals surface area contributed by atoms with Gasteiger partial charge in [0.2, 0.25) is 0 Å². The molecule has 0 aliphatic carbocycles. The summed E-state index contributed by atoms with van der Waals surface area (Å²) in [6, 6.07) is 10.7. The lowest BCUT2D eigenvalue weighted by molar-refractivity contribution is 0.0919. The lowest BCUT2D eigenvalue weighted by Gasteiger charge is -2.20. The number of aromatic nitrogens is 1. The molecule has 0 radical (unpaired) electrons. The molecule has 2 aromatic heterocycles. The zero-order chi connectivity index (χ0) is 18.7. The highest BCUT2D eigenvalue weighted by Crippen LogP contribution is 2.28. The molecule has 0 unspecified atom stereocenters. The number of anilines is 1. The van der Waals surface area contributed by atoms with E-state index in [1.165, 1.54) is 11.3 Å². The molecule has 3 aromatic rings. The maximum atomic E-state index is 12.4. The Morgan fingerprint density at radius 3 is 2.35 bits per heavy atom. The Morgan fingerprint density at radius 2 is 1.73 bits per heavy atom. The maximum Gasteiger partial charge on any atom is 0.275 e. The molecule has 0 spiro atoms. The van der Waals surface area contributed by atoms with Crippen molar-refractivity contribution in [3.05, 3.63) is 58.4 Å². The van der Waals surface area contributed by atoms with Crippen molar-refractivity contribution < 1.29 is 9.59 Å². The summed E-state index contributed by atoms with van der Waals surface area (Å²) < 4.78 is 0. The molecule has 2 heterocycles. The van der Waals surface area contributed by atoms with Crippen molar-refractivity contribution in [1.29, 1.82) is 0 Å². The van der Waals surface area contributed by atoms with E-state index in [0.717, 1.165) is 9.88 Å². The fraction of sp³-hybridized carbons (Fsp3) is 0.211. The third kappa shape index (κ3) is 4.56. The first-order chi connectivity index (χ1) is 12.3. The highest BCUT2D eigenvalue weighted by atomic mass is 32.1. The predicted molar refractivity (Wildman–Crippen MR) is 107 cm³/mol. The Morgan fingerprint density at radius 1 is 1.00 bits per heavy atom. The molecule has 2 amide bonds. The third-order valence-corrected chi connectivity index (χ3v) is 5.24. The molecule has 26 heavy (non-hydrogen) atoms. The van der Waals surface area contributed by atoms with Gasteiger partial charge < -0.3 is 10.6 Å². The van der Waals surface area contributed by atoms with Gasteiger partial charge in [0.25, 0.3) is 11.8 Å². The summed E-state index contributed by atoms with van der Waals surface area (Å²) in [4.78, 5) is 29.9. The molecule has 0 saturated carbocycles. The number of hydrogen-bond donors (Lipinski definition) is 2. The average molecular weight is 386 g/mol. The van der Waals surface area contributed by atoms with Crippen molar-refractivity contribution in [2.24, 2.45) is 0 Å². The average Bonchev–Trinajstić information content (AvgIpc) is 3.25. The highest BCUT2D eigenvalue weighted by molar-refractivity contribution is 7.20. The summed E-state index contributed by atoms with van der Waals surface area (Å²) in [5.74, 6) is -0.411. The van der Waals surface area contributed by atoms with E-state index in [4.69, 9.17) is 0 Å². The maximum absolute atomic E-state index is 12.4. The molecule has 7 heteroatoms. The molecule has 3 rings (SSSR count). The number of rotatable bonds is 4. The van der Waals surface area contributed by atoms with E-state index >= 15 is 0 Å². The quantitative estimate of drug-likeness (QED) is 0.686. The number of thiazole rings is 1. The molecular formula is C19H19N3O2S2. The fourth-order valence-corrected chi connectivity index (χ4v) is 3.82. The monoisotopic (exact) mass is 385 g/mol. The minimum atomic E-state index is -0.297. The van der Waals surface area contributed by atoms with Gasteiger partial charge in [-0.3, -0.25) is 9.59 Å². The normalized spacial score (nSPS) is 11.2. The van der Waals surface area contributed by atoms with E-state index in [0.29, 0.717) is 16.9 Å². The van der Waals surface area contributed by atoms with Crippen LogP contribution in [0.5, 0.6) is 0 Å². The zero-order valence-corrected chi connectivity index (χ0v) is 16.3. The Bertz CT molecular complexity index is 907. The highest BCUT2D eigenvalue weighted by Gasteiger charge is 2.16. The number of carbonyl (C=O) groups is 2. The van der Waals surface area contributed by atoms with Crippen LogP contribution in [0.4, 0.5) is 5.69 Å². The van der Waals surface area contributed by atoms with E-state index in [1.807, 2.05) is 38.3 Å². The van der Waals surface area contributed by atoms with Crippen LogP contribution in [-0.4, -0.2) is 22.3 Å². The smallest absolute Gasteiger partial charge is 0.275 e. The van der Waals surface area contributed by atoms with Crippen molar-refractivity contribution >= 4 is 40.2 Å². The van der Waals surface area contributed by atoms with Gasteiger partial charge in [-0.1, -0.05) is 6.07 Å². The lowest BCUT2D eigenvalue weighted by atomic mass is 10.1. The first-order valence-corrected chi connectivity index (χ1v) is 9.81. The summed E-state index contributed by atoms with van der Waals surface area (Å²) >= 11 is 3.03. The van der Waals surface area contributed by atoms with Crippen molar-refractivity contribution in [1.82, 2.24) is 10.3 Å². The standard InChI is InChI=1S/C19H19N3O2S2/c1-19(2,3)22-16(23)12-6-8-13(9-7-12)20-17(24)14-11-26-18(21-14)15-5-4-10-25-15/h4-11H,1-3H3,(H,20,24)(H,22,23). The van der Waals surface area contributed by atoms with Gasteiger partial charge in [0.15, 0.2) is 0 Å². The molecule has 0 bridgehead atoms. The van der Waals surface area contributed by atoms with E-state index in [1.54, 1.807) is 41.0 Å². The summed E-state index contributed by atoms with van der Waals surface area (Å²) in [5, 5.41) is 10.3. The van der Waals surface area contributed by atoms with Gasteiger partial charge in [0, 0.05) is 22.2 Å². The first kappa shape index (κ1) is 18.3. The number of carbonyl (C=O) groups excluding carboxylic acids is 2. The summed E-state index contributed by atoms with van der Waals surface area (Å²) in [7, 11) is 0. The van der Waals surface area contributed by atoms with E-state index in [-0.39, 0.29) is 17.4 Å². The van der Waals surface area contributed by atoms with E-state index in [2.05, 4.69) is 15.6 Å². The number of hydrogen-bond acceptors (Lipinski definition) is 5. The molecule has 5 nitrogen and oxygen atoms in total. The minimum Gasteiger partial charge on any atom is -0.347 e. The Labute approximate surface area is 160 Å². The van der Waals surface area contributed by atoms with Gasteiger partial charge in [0.05, 0.1) is 4.88 Å². The van der Waals surface area contributed by atoms with Crippen LogP contribution >= 0.6 is 22.7 Å². The molecule has 0 saturated heterocycles. The third-order valence-electron chi connectivity index (χ3n) is 3.36. The molecule has 0 fully saturated rings. The van der Waals surface area contributed by atoms with Crippen LogP contribution in [0, 0.1) is 0 Å². The van der Waals surface area contributed by atoms with Gasteiger partial charge in [-0.25, -0.2) is 4.98 Å².